The zero-order valence-corrected chi connectivity index (χ0v) is 14.3. The molecule has 1 aromatic heterocycles. The van der Waals surface area contributed by atoms with Crippen LogP contribution in [-0.2, 0) is 9.63 Å². The Morgan fingerprint density at radius 3 is 2.79 bits per heavy atom. The molecule has 3 rings (SSSR count). The highest BCUT2D eigenvalue weighted by Crippen LogP contribution is 2.33. The van der Waals surface area contributed by atoms with Gasteiger partial charge in [0.1, 0.15) is 0 Å². The van der Waals surface area contributed by atoms with Gasteiger partial charge >= 0.3 is 0 Å². The lowest BCUT2D eigenvalue weighted by atomic mass is 10.1. The molecule has 2 aromatic rings. The third-order valence-corrected chi connectivity index (χ3v) is 4.45. The molecule has 1 aromatic carbocycles. The average Bonchev–Trinajstić information content (AvgIpc) is 3.38. The molecule has 1 aliphatic rings. The molecular formula is C17H18N4O2S. The largest absolute Gasteiger partial charge is 0.342 e. The monoisotopic (exact) mass is 342 g/mol. The standard InChI is InChI=1S/C17H18N4O2S/c1-11(18-2)23-19-10-14-15(12-6-4-3-5-7-12)20-17(24-14)21-16(22)13-8-9-13/h3-7,10,13H,8-9H2,1-2H3,(H,20,21,22)/b18-11?,19-10+. The Bertz CT molecular complexity index is 779. The van der Waals surface area contributed by atoms with Crippen LogP contribution in [0.25, 0.3) is 11.3 Å². The fraction of sp³-hybridized carbons (Fsp3) is 0.294. The van der Waals surface area contributed by atoms with Crippen molar-refractivity contribution in [1.29, 1.82) is 0 Å². The molecule has 24 heavy (non-hydrogen) atoms. The number of thiazole rings is 1. The number of amides is 1. The Hall–Kier alpha value is -2.54. The van der Waals surface area contributed by atoms with Crippen LogP contribution in [-0.4, -0.2) is 30.1 Å². The van der Waals surface area contributed by atoms with Crippen LogP contribution in [0.5, 0.6) is 0 Å². The number of carbonyl (C=O) groups is 1. The van der Waals surface area contributed by atoms with E-state index in [1.165, 1.54) is 11.3 Å². The summed E-state index contributed by atoms with van der Waals surface area (Å²) < 4.78 is 0. The summed E-state index contributed by atoms with van der Waals surface area (Å²) in [4.78, 5) is 26.3. The first kappa shape index (κ1) is 16.3. The molecule has 0 bridgehead atoms. The number of nitrogens with zero attached hydrogens (tertiary/aromatic N) is 3. The molecule has 0 unspecified atom stereocenters. The minimum Gasteiger partial charge on any atom is -0.342 e. The summed E-state index contributed by atoms with van der Waals surface area (Å²) in [5.74, 6) is 0.647. The maximum atomic E-state index is 12.0. The summed E-state index contributed by atoms with van der Waals surface area (Å²) in [6.45, 7) is 1.73. The third kappa shape index (κ3) is 4.05. The number of aliphatic imine (C=N–C) groups is 1. The van der Waals surface area contributed by atoms with E-state index < -0.39 is 0 Å². The Kier molecular flexibility index (Phi) is 5.00. The van der Waals surface area contributed by atoms with Crippen molar-refractivity contribution >= 4 is 34.5 Å². The van der Waals surface area contributed by atoms with Crippen molar-refractivity contribution in [3.63, 3.8) is 0 Å². The number of anilines is 1. The first-order chi connectivity index (χ1) is 11.7. The second-order valence-corrected chi connectivity index (χ2v) is 6.46. The summed E-state index contributed by atoms with van der Waals surface area (Å²) in [6.07, 6.45) is 3.52. The molecule has 0 aliphatic heterocycles. The molecule has 1 N–H and O–H groups in total. The SMILES string of the molecule is CN=C(C)O/N=C/c1sc(NC(=O)C2CC2)nc1-c1ccccc1. The predicted octanol–water partition coefficient (Wildman–Crippen LogP) is 3.56. The second kappa shape index (κ2) is 7.35. The van der Waals surface area contributed by atoms with Crippen molar-refractivity contribution in [1.82, 2.24) is 4.98 Å². The van der Waals surface area contributed by atoms with E-state index in [0.717, 1.165) is 29.0 Å². The smallest absolute Gasteiger partial charge is 0.229 e. The summed E-state index contributed by atoms with van der Waals surface area (Å²) in [7, 11) is 1.64. The zero-order valence-electron chi connectivity index (χ0n) is 13.5. The number of nitrogens with one attached hydrogen (secondary N) is 1. The molecule has 0 spiro atoms. The predicted molar refractivity (Wildman–Crippen MR) is 96.6 cm³/mol. The van der Waals surface area contributed by atoms with E-state index in [-0.39, 0.29) is 11.8 Å². The molecule has 1 saturated carbocycles. The van der Waals surface area contributed by atoms with Gasteiger partial charge in [-0.05, 0) is 12.8 Å². The molecular weight excluding hydrogens is 324 g/mol. The first-order valence-corrected chi connectivity index (χ1v) is 8.50. The van der Waals surface area contributed by atoms with E-state index in [2.05, 4.69) is 20.4 Å². The minimum absolute atomic E-state index is 0.0389. The molecule has 0 saturated heterocycles. The number of rotatable bonds is 5. The van der Waals surface area contributed by atoms with Crippen LogP contribution in [0.2, 0.25) is 0 Å². The molecule has 0 atom stereocenters. The van der Waals surface area contributed by atoms with Gasteiger partial charge in [0, 0.05) is 25.5 Å². The maximum absolute atomic E-state index is 12.0. The van der Waals surface area contributed by atoms with Gasteiger partial charge in [0.05, 0.1) is 16.8 Å². The number of benzene rings is 1. The Labute approximate surface area is 144 Å². The van der Waals surface area contributed by atoms with E-state index >= 15 is 0 Å². The van der Waals surface area contributed by atoms with Crippen molar-refractivity contribution in [3.8, 4) is 11.3 Å². The van der Waals surface area contributed by atoms with E-state index in [1.54, 1.807) is 20.2 Å². The molecule has 1 heterocycles. The fourth-order valence-corrected chi connectivity index (χ4v) is 2.87. The summed E-state index contributed by atoms with van der Waals surface area (Å²) in [5, 5.41) is 7.40. The fourth-order valence-electron chi connectivity index (χ4n) is 2.02. The van der Waals surface area contributed by atoms with Crippen molar-refractivity contribution in [3.05, 3.63) is 35.2 Å². The molecule has 1 fully saturated rings. The Balaban J connectivity index is 1.86. The molecule has 0 radical (unpaired) electrons. The van der Waals surface area contributed by atoms with Gasteiger partial charge in [0.25, 0.3) is 0 Å². The zero-order chi connectivity index (χ0) is 16.9. The molecule has 7 heteroatoms. The quantitative estimate of drug-likeness (QED) is 0.513. The maximum Gasteiger partial charge on any atom is 0.229 e. The lowest BCUT2D eigenvalue weighted by Gasteiger charge is -1.98. The average molecular weight is 342 g/mol. The number of oxime groups is 1. The van der Waals surface area contributed by atoms with Gasteiger partial charge in [0.2, 0.25) is 11.8 Å². The summed E-state index contributed by atoms with van der Waals surface area (Å²) in [5.41, 5.74) is 1.73. The molecule has 124 valence electrons. The van der Waals surface area contributed by atoms with Gasteiger partial charge in [-0.1, -0.05) is 46.8 Å². The first-order valence-electron chi connectivity index (χ1n) is 7.68. The van der Waals surface area contributed by atoms with Crippen LogP contribution in [0.1, 0.15) is 24.6 Å². The van der Waals surface area contributed by atoms with Gasteiger partial charge in [0.15, 0.2) is 5.13 Å². The van der Waals surface area contributed by atoms with E-state index in [1.807, 2.05) is 30.3 Å². The van der Waals surface area contributed by atoms with Crippen molar-refractivity contribution in [2.45, 2.75) is 19.8 Å². The van der Waals surface area contributed by atoms with Gasteiger partial charge in [-0.25, -0.2) is 4.98 Å². The van der Waals surface area contributed by atoms with Crippen LogP contribution in [0.15, 0.2) is 40.5 Å². The Morgan fingerprint density at radius 2 is 2.12 bits per heavy atom. The number of aromatic nitrogens is 1. The van der Waals surface area contributed by atoms with Crippen LogP contribution < -0.4 is 5.32 Å². The second-order valence-electron chi connectivity index (χ2n) is 5.43. The lowest BCUT2D eigenvalue weighted by molar-refractivity contribution is -0.117. The van der Waals surface area contributed by atoms with Crippen molar-refractivity contribution in [2.75, 3.05) is 12.4 Å². The topological polar surface area (TPSA) is 75.9 Å². The lowest BCUT2D eigenvalue weighted by Crippen LogP contribution is -2.12. The van der Waals surface area contributed by atoms with Gasteiger partial charge < -0.3 is 10.2 Å². The molecule has 1 aliphatic carbocycles. The number of carbonyl (C=O) groups excluding carboxylic acids is 1. The third-order valence-electron chi connectivity index (χ3n) is 3.55. The van der Waals surface area contributed by atoms with Crippen LogP contribution >= 0.6 is 11.3 Å². The van der Waals surface area contributed by atoms with Crippen molar-refractivity contribution < 1.29 is 9.63 Å². The summed E-state index contributed by atoms with van der Waals surface area (Å²) in [6, 6.07) is 9.78. The van der Waals surface area contributed by atoms with Gasteiger partial charge in [-0.2, -0.15) is 0 Å². The number of hydrogen-bond donors (Lipinski definition) is 1. The Morgan fingerprint density at radius 1 is 1.38 bits per heavy atom. The molecule has 6 nitrogen and oxygen atoms in total. The minimum atomic E-state index is 0.0389. The van der Waals surface area contributed by atoms with Crippen molar-refractivity contribution in [2.24, 2.45) is 16.1 Å². The van der Waals surface area contributed by atoms with Gasteiger partial charge in [-0.3, -0.25) is 9.79 Å². The highest BCUT2D eigenvalue weighted by Gasteiger charge is 2.30. The van der Waals surface area contributed by atoms with Crippen LogP contribution in [0.4, 0.5) is 5.13 Å². The number of hydrogen-bond acceptors (Lipinski definition) is 6. The summed E-state index contributed by atoms with van der Waals surface area (Å²) >= 11 is 1.37. The molecule has 1 amide bonds. The van der Waals surface area contributed by atoms with E-state index in [4.69, 9.17) is 4.84 Å². The van der Waals surface area contributed by atoms with Gasteiger partial charge in [-0.15, -0.1) is 0 Å². The highest BCUT2D eigenvalue weighted by molar-refractivity contribution is 7.17. The van der Waals surface area contributed by atoms with Crippen LogP contribution in [0, 0.1) is 5.92 Å². The normalized spacial score (nSPS) is 14.8. The van der Waals surface area contributed by atoms with E-state index in [0.29, 0.717) is 11.0 Å². The van der Waals surface area contributed by atoms with Crippen LogP contribution in [0.3, 0.4) is 0 Å². The highest BCUT2D eigenvalue weighted by atomic mass is 32.1. The van der Waals surface area contributed by atoms with E-state index in [9.17, 15) is 4.79 Å².